The van der Waals surface area contributed by atoms with Crippen molar-refractivity contribution >= 4 is 17.7 Å². The lowest BCUT2D eigenvalue weighted by Gasteiger charge is -2.19. The van der Waals surface area contributed by atoms with Gasteiger partial charge in [0, 0.05) is 12.1 Å². The number of rotatable bonds is 5. The molecule has 0 saturated heterocycles. The molecule has 1 unspecified atom stereocenters. The molecule has 1 aromatic carbocycles. The Morgan fingerprint density at radius 1 is 1.26 bits per heavy atom. The van der Waals surface area contributed by atoms with Crippen molar-refractivity contribution in [2.24, 2.45) is 5.73 Å². The number of hydrogen-bond acceptors (Lipinski definition) is 4. The van der Waals surface area contributed by atoms with Crippen LogP contribution in [-0.4, -0.2) is 25.9 Å². The molecule has 124 valence electrons. The van der Waals surface area contributed by atoms with Crippen molar-refractivity contribution < 1.29 is 4.79 Å². The van der Waals surface area contributed by atoms with E-state index in [-0.39, 0.29) is 16.6 Å². The largest absolute Gasteiger partial charge is 0.369 e. The molecule has 0 fully saturated rings. The van der Waals surface area contributed by atoms with Crippen LogP contribution in [0.3, 0.4) is 0 Å². The molecule has 2 aromatic rings. The molecule has 1 atom stereocenters. The maximum Gasteiger partial charge on any atom is 0.230 e. The van der Waals surface area contributed by atoms with Crippen LogP contribution in [0.4, 0.5) is 0 Å². The maximum atomic E-state index is 11.3. The van der Waals surface area contributed by atoms with E-state index < -0.39 is 0 Å². The van der Waals surface area contributed by atoms with Crippen LogP contribution in [0.15, 0.2) is 29.4 Å². The molecule has 0 radical (unpaired) electrons. The van der Waals surface area contributed by atoms with E-state index >= 15 is 0 Å². The van der Waals surface area contributed by atoms with Gasteiger partial charge in [0.2, 0.25) is 5.91 Å². The topological polar surface area (TPSA) is 73.8 Å². The van der Waals surface area contributed by atoms with Crippen LogP contribution in [0.5, 0.6) is 0 Å². The Morgan fingerprint density at radius 2 is 1.87 bits per heavy atom. The van der Waals surface area contributed by atoms with Crippen molar-refractivity contribution in [3.05, 3.63) is 29.8 Å². The van der Waals surface area contributed by atoms with E-state index in [2.05, 4.69) is 55.2 Å². The Labute approximate surface area is 141 Å². The number of hydrogen-bond donors (Lipinski definition) is 1. The van der Waals surface area contributed by atoms with Crippen molar-refractivity contribution in [1.29, 1.82) is 0 Å². The molecule has 1 aromatic heterocycles. The molecule has 0 aliphatic carbocycles. The molecule has 23 heavy (non-hydrogen) atoms. The van der Waals surface area contributed by atoms with Crippen molar-refractivity contribution in [3.8, 4) is 11.4 Å². The highest BCUT2D eigenvalue weighted by Gasteiger charge is 2.19. The van der Waals surface area contributed by atoms with Crippen molar-refractivity contribution in [3.63, 3.8) is 0 Å². The fourth-order valence-corrected chi connectivity index (χ4v) is 3.07. The molecule has 0 saturated carbocycles. The van der Waals surface area contributed by atoms with E-state index in [1.807, 2.05) is 11.5 Å². The molecule has 0 bridgehead atoms. The minimum atomic E-state index is -0.350. The van der Waals surface area contributed by atoms with E-state index in [1.165, 1.54) is 17.3 Å². The fraction of sp³-hybridized carbons (Fsp3) is 0.471. The van der Waals surface area contributed by atoms with Gasteiger partial charge in [0.25, 0.3) is 0 Å². The molecule has 0 aliphatic rings. The van der Waals surface area contributed by atoms with Crippen LogP contribution in [0, 0.1) is 0 Å². The maximum absolute atomic E-state index is 11.3. The first kappa shape index (κ1) is 17.5. The Balaban J connectivity index is 2.33. The Hall–Kier alpha value is -1.82. The highest BCUT2D eigenvalue weighted by molar-refractivity contribution is 8.00. The number of amides is 1. The number of benzene rings is 1. The SMILES string of the molecule is CCn1c(SC(C)C(N)=O)nnc1-c1ccc(C(C)(C)C)cc1. The summed E-state index contributed by atoms with van der Waals surface area (Å²) in [5.74, 6) is 0.462. The monoisotopic (exact) mass is 332 g/mol. The van der Waals surface area contributed by atoms with Gasteiger partial charge in [-0.1, -0.05) is 56.8 Å². The third kappa shape index (κ3) is 3.93. The van der Waals surface area contributed by atoms with Crippen LogP contribution in [0.2, 0.25) is 0 Å². The normalized spacial score (nSPS) is 13.1. The molecule has 0 spiro atoms. The second-order valence-corrected chi connectivity index (χ2v) is 7.85. The van der Waals surface area contributed by atoms with Crippen molar-refractivity contribution in [1.82, 2.24) is 14.8 Å². The lowest BCUT2D eigenvalue weighted by Crippen LogP contribution is -2.23. The van der Waals surface area contributed by atoms with Gasteiger partial charge >= 0.3 is 0 Å². The van der Waals surface area contributed by atoms with Gasteiger partial charge in [-0.05, 0) is 24.8 Å². The van der Waals surface area contributed by atoms with Gasteiger partial charge < -0.3 is 10.3 Å². The van der Waals surface area contributed by atoms with Crippen LogP contribution in [0.25, 0.3) is 11.4 Å². The second kappa shape index (κ2) is 6.74. The van der Waals surface area contributed by atoms with Crippen LogP contribution in [-0.2, 0) is 16.8 Å². The van der Waals surface area contributed by atoms with Gasteiger partial charge in [-0.2, -0.15) is 0 Å². The molecule has 2 N–H and O–H groups in total. The molecule has 1 amide bonds. The van der Waals surface area contributed by atoms with Gasteiger partial charge in [-0.25, -0.2) is 0 Å². The first-order chi connectivity index (χ1) is 10.7. The van der Waals surface area contributed by atoms with E-state index in [0.717, 1.165) is 17.9 Å². The minimum absolute atomic E-state index is 0.120. The molecular weight excluding hydrogens is 308 g/mol. The highest BCUT2D eigenvalue weighted by Crippen LogP contribution is 2.28. The summed E-state index contributed by atoms with van der Waals surface area (Å²) < 4.78 is 2.01. The third-order valence-electron chi connectivity index (χ3n) is 3.73. The number of nitrogens with two attached hydrogens (primary N) is 1. The molecule has 0 aliphatic heterocycles. The van der Waals surface area contributed by atoms with E-state index in [9.17, 15) is 4.79 Å². The number of nitrogens with zero attached hydrogens (tertiary/aromatic N) is 3. The van der Waals surface area contributed by atoms with Gasteiger partial charge in [0.15, 0.2) is 11.0 Å². The number of carbonyl (C=O) groups excluding carboxylic acids is 1. The predicted molar refractivity (Wildman–Crippen MR) is 94.3 cm³/mol. The summed E-state index contributed by atoms with van der Waals surface area (Å²) in [4.78, 5) is 11.3. The van der Waals surface area contributed by atoms with Crippen molar-refractivity contribution in [2.75, 3.05) is 0 Å². The first-order valence-electron chi connectivity index (χ1n) is 7.74. The van der Waals surface area contributed by atoms with E-state index in [1.54, 1.807) is 6.92 Å². The molecule has 5 nitrogen and oxygen atoms in total. The molecular formula is C17H24N4OS. The Morgan fingerprint density at radius 3 is 2.35 bits per heavy atom. The third-order valence-corrected chi connectivity index (χ3v) is 4.82. The standard InChI is InChI=1S/C17H24N4OS/c1-6-21-15(19-20-16(21)23-11(2)14(18)22)12-7-9-13(10-8-12)17(3,4)5/h7-11H,6H2,1-5H3,(H2,18,22). The number of carbonyl (C=O) groups is 1. The lowest BCUT2D eigenvalue weighted by molar-refractivity contribution is -0.117. The quantitative estimate of drug-likeness (QED) is 0.853. The summed E-state index contributed by atoms with van der Waals surface area (Å²) in [5, 5.41) is 8.91. The number of primary amides is 1. The first-order valence-corrected chi connectivity index (χ1v) is 8.62. The van der Waals surface area contributed by atoms with Crippen LogP contribution in [0.1, 0.15) is 40.2 Å². The average molecular weight is 332 g/mol. The highest BCUT2D eigenvalue weighted by atomic mass is 32.2. The summed E-state index contributed by atoms with van der Waals surface area (Å²) in [6.07, 6.45) is 0. The zero-order valence-electron chi connectivity index (χ0n) is 14.3. The number of thioether (sulfide) groups is 1. The summed E-state index contributed by atoms with van der Waals surface area (Å²) in [6, 6.07) is 8.40. The molecule has 2 rings (SSSR count). The van der Waals surface area contributed by atoms with E-state index in [4.69, 9.17) is 5.73 Å². The summed E-state index contributed by atoms with van der Waals surface area (Å²) >= 11 is 1.34. The fourth-order valence-electron chi connectivity index (χ4n) is 2.21. The average Bonchev–Trinajstić information content (AvgIpc) is 2.89. The summed E-state index contributed by atoms with van der Waals surface area (Å²) in [6.45, 7) is 11.1. The summed E-state index contributed by atoms with van der Waals surface area (Å²) in [7, 11) is 0. The van der Waals surface area contributed by atoms with Crippen molar-refractivity contribution in [2.45, 2.75) is 57.0 Å². The van der Waals surface area contributed by atoms with Gasteiger partial charge in [-0.3, -0.25) is 4.79 Å². The van der Waals surface area contributed by atoms with Gasteiger partial charge in [0.1, 0.15) is 0 Å². The predicted octanol–water partition coefficient (Wildman–Crippen LogP) is 3.23. The van der Waals surface area contributed by atoms with Crippen LogP contribution >= 0.6 is 11.8 Å². The lowest BCUT2D eigenvalue weighted by atomic mass is 9.87. The van der Waals surface area contributed by atoms with Gasteiger partial charge in [-0.15, -0.1) is 10.2 Å². The summed E-state index contributed by atoms with van der Waals surface area (Å²) in [5.41, 5.74) is 7.75. The smallest absolute Gasteiger partial charge is 0.230 e. The van der Waals surface area contributed by atoms with E-state index in [0.29, 0.717) is 5.16 Å². The molecule has 6 heteroatoms. The Bertz CT molecular complexity index is 686. The Kier molecular flexibility index (Phi) is 5.14. The zero-order chi connectivity index (χ0) is 17.2. The van der Waals surface area contributed by atoms with Crippen LogP contribution < -0.4 is 5.73 Å². The van der Waals surface area contributed by atoms with Gasteiger partial charge in [0.05, 0.1) is 5.25 Å². The zero-order valence-corrected chi connectivity index (χ0v) is 15.1. The second-order valence-electron chi connectivity index (χ2n) is 6.54. The minimum Gasteiger partial charge on any atom is -0.369 e. The number of aromatic nitrogens is 3. The molecule has 1 heterocycles.